The largest absolute Gasteiger partial charge is 0.477 e. The number of benzene rings is 12. The topological polar surface area (TPSA) is 84.7 Å². The molecule has 12 aromatic carbocycles. The van der Waals surface area contributed by atoms with Crippen LogP contribution in [-0.2, 0) is 44.0 Å². The quantitative estimate of drug-likeness (QED) is 0.0592. The van der Waals surface area contributed by atoms with E-state index in [1.165, 1.54) is 82.8 Å². The SMILES string of the molecule is C[C@@H]1CN(S(C)(=O)=O)CCN1Cc1cc2c(=O)n(C)cc(-c3ccnc(OCC4CC4)c3)c2s1.[Pd].c1ccc(P(c2ccccc2)c2ccccc2)cc1.c1ccc(P(c2ccccc2)c2ccccc2)cc1.c1ccc(P(c2ccccc2)c2ccccc2)cc1.c1ccc(P(c2ccccc2)c2ccccc2)cc1. The second-order valence-corrected chi connectivity index (χ2v) is 38.9. The Bertz CT molecular complexity index is 4590. The van der Waals surface area contributed by atoms with E-state index in [9.17, 15) is 13.2 Å². The van der Waals surface area contributed by atoms with Crippen molar-refractivity contribution >= 4 is 127 Å². The van der Waals surface area contributed by atoms with E-state index in [2.05, 4.69) is 381 Å². The summed E-state index contributed by atoms with van der Waals surface area (Å²) in [5.41, 5.74) is 1.95. The van der Waals surface area contributed by atoms with Gasteiger partial charge in [0.25, 0.3) is 5.56 Å². The molecule has 1 saturated heterocycles. The predicted octanol–water partition coefficient (Wildman–Crippen LogP) is 16.7. The first-order valence-corrected chi connectivity index (χ1v) is 45.2. The normalized spacial score (nSPS) is 13.4. The van der Waals surface area contributed by atoms with E-state index in [0.717, 1.165) is 20.7 Å². The number of sulfonamides is 1. The second kappa shape index (κ2) is 41.3. The zero-order valence-electron chi connectivity index (χ0n) is 62.5. The van der Waals surface area contributed by atoms with E-state index in [0.29, 0.717) is 50.0 Å². The number of ether oxygens (including phenoxy) is 1. The fourth-order valence-electron chi connectivity index (χ4n) is 13.1. The van der Waals surface area contributed by atoms with Gasteiger partial charge < -0.3 is 9.30 Å². The number of rotatable bonds is 19. The molecule has 1 saturated carbocycles. The fraction of sp³-hybridized carbons (Fsp3) is 0.125. The van der Waals surface area contributed by atoms with Crippen molar-refractivity contribution in [3.63, 3.8) is 0 Å². The molecule has 111 heavy (non-hydrogen) atoms. The number of hydrogen-bond donors (Lipinski definition) is 0. The van der Waals surface area contributed by atoms with Gasteiger partial charge in [0.15, 0.2) is 0 Å². The van der Waals surface area contributed by atoms with Gasteiger partial charge in [-0.1, -0.05) is 364 Å². The number of piperazine rings is 1. The first-order chi connectivity index (χ1) is 54.0. The van der Waals surface area contributed by atoms with E-state index in [1.54, 1.807) is 33.5 Å². The molecule has 0 bridgehead atoms. The summed E-state index contributed by atoms with van der Waals surface area (Å²) in [6.07, 6.45) is 7.35. The van der Waals surface area contributed by atoms with Crippen LogP contribution in [0.15, 0.2) is 399 Å². The van der Waals surface area contributed by atoms with Gasteiger partial charge in [-0.05, 0) is 139 Å². The maximum absolute atomic E-state index is 12.9. The van der Waals surface area contributed by atoms with E-state index in [1.807, 2.05) is 24.4 Å². The number of thiophene rings is 1. The molecule has 0 radical (unpaired) electrons. The zero-order valence-corrected chi connectivity index (χ0v) is 69.2. The van der Waals surface area contributed by atoms with Crippen LogP contribution in [-0.4, -0.2) is 65.7 Å². The van der Waals surface area contributed by atoms with E-state index in [4.69, 9.17) is 4.74 Å². The second-order valence-electron chi connectivity index (χ2n) is 26.9. The molecule has 2 aliphatic rings. The van der Waals surface area contributed by atoms with Gasteiger partial charge >= 0.3 is 0 Å². The monoisotopic (exact) mass is 1660 g/mol. The zero-order chi connectivity index (χ0) is 75.7. The Morgan fingerprint density at radius 2 is 0.712 bits per heavy atom. The van der Waals surface area contributed by atoms with Gasteiger partial charge in [0, 0.05) is 93.3 Å². The number of aryl methyl sites for hydroxylation is 1. The van der Waals surface area contributed by atoms with Gasteiger partial charge in [-0.3, -0.25) is 9.69 Å². The molecule has 1 aliphatic carbocycles. The van der Waals surface area contributed by atoms with Gasteiger partial charge in [0.1, 0.15) is 0 Å². The third-order valence-electron chi connectivity index (χ3n) is 18.8. The van der Waals surface area contributed by atoms with Crippen molar-refractivity contribution < 1.29 is 33.6 Å². The number of hydrogen-bond acceptors (Lipinski definition) is 7. The van der Waals surface area contributed by atoms with Crippen LogP contribution < -0.4 is 74.0 Å². The van der Waals surface area contributed by atoms with Crippen LogP contribution in [0.25, 0.3) is 21.2 Å². The molecule has 17 rings (SSSR count). The van der Waals surface area contributed by atoms with Gasteiger partial charge in [0.05, 0.1) is 18.2 Å². The Balaban J connectivity index is 0.000000132. The van der Waals surface area contributed by atoms with Gasteiger partial charge in [-0.2, -0.15) is 4.31 Å². The minimum atomic E-state index is -3.18. The Hall–Kier alpha value is -9.25. The van der Waals surface area contributed by atoms with Crippen LogP contribution in [0.3, 0.4) is 0 Å². The van der Waals surface area contributed by atoms with Crippen LogP contribution in [0.4, 0.5) is 0 Å². The average molecular weight is 1660 g/mol. The number of aromatic nitrogens is 2. The summed E-state index contributed by atoms with van der Waals surface area (Å²) in [5.74, 6) is 1.26. The molecule has 1 atom stereocenters. The van der Waals surface area contributed by atoms with Crippen LogP contribution in [0, 0.1) is 5.92 Å². The van der Waals surface area contributed by atoms with Crippen molar-refractivity contribution in [1.29, 1.82) is 0 Å². The molecule has 1 aliphatic heterocycles. The molecule has 15 heteroatoms. The minimum absolute atomic E-state index is 0. The first-order valence-electron chi connectivity index (χ1n) is 37.2. The summed E-state index contributed by atoms with van der Waals surface area (Å²) < 4.78 is 33.8. The van der Waals surface area contributed by atoms with Gasteiger partial charge in [-0.15, -0.1) is 11.3 Å². The number of fused-ring (bicyclic) bond motifs is 1. The third-order valence-corrected chi connectivity index (χ3v) is 31.0. The maximum Gasteiger partial charge on any atom is 0.259 e. The Morgan fingerprint density at radius 1 is 0.423 bits per heavy atom. The summed E-state index contributed by atoms with van der Waals surface area (Å²) in [7, 11) is -3.19. The summed E-state index contributed by atoms with van der Waals surface area (Å²) in [5, 5.41) is 17.5. The Kier molecular flexibility index (Phi) is 30.2. The van der Waals surface area contributed by atoms with Gasteiger partial charge in [0.2, 0.25) is 15.9 Å². The molecular weight excluding hydrogens is 1570 g/mol. The average Bonchev–Trinajstić information content (AvgIpc) is 1.64. The predicted molar refractivity (Wildman–Crippen MR) is 475 cm³/mol. The molecular formula is C96H90N4O4P4PdS2. The molecule has 0 spiro atoms. The summed E-state index contributed by atoms with van der Waals surface area (Å²) in [6, 6.07) is 135. The van der Waals surface area contributed by atoms with E-state index >= 15 is 0 Å². The molecule has 0 N–H and O–H groups in total. The molecule has 8 nitrogen and oxygen atoms in total. The molecule has 560 valence electrons. The van der Waals surface area contributed by atoms with Crippen molar-refractivity contribution in [2.75, 3.05) is 32.5 Å². The maximum atomic E-state index is 12.9. The third kappa shape index (κ3) is 22.8. The van der Waals surface area contributed by atoms with Crippen LogP contribution in [0.2, 0.25) is 0 Å². The standard InChI is InChI=1S/C24H30N4O4S2.4C18H15P.Pd/c1-16-12-28(34(3,30)31)9-8-27(16)13-19-11-20-23(33-19)21(14-26(2)24(20)29)18-6-7-25-22(10-18)32-15-17-4-5-17;4*1-4-10-16(11-5-1)19(17-12-6-2-7-13-17)18-14-8-3-9-15-18;/h6-7,10-11,14,16-17H,4-5,8-9,12-13,15H2,1-3H3;4*1-15H;/t16-;;;;;/m1...../s1. The van der Waals surface area contributed by atoms with Crippen LogP contribution in [0.1, 0.15) is 24.6 Å². The van der Waals surface area contributed by atoms with Crippen LogP contribution in [0.5, 0.6) is 5.88 Å². The van der Waals surface area contributed by atoms with E-state index < -0.39 is 41.7 Å². The Morgan fingerprint density at radius 3 is 0.973 bits per heavy atom. The van der Waals surface area contributed by atoms with Crippen molar-refractivity contribution in [1.82, 2.24) is 18.8 Å². The summed E-state index contributed by atoms with van der Waals surface area (Å²) in [6.45, 7) is 5.08. The smallest absolute Gasteiger partial charge is 0.259 e. The van der Waals surface area contributed by atoms with Crippen molar-refractivity contribution in [3.05, 3.63) is 410 Å². The van der Waals surface area contributed by atoms with Gasteiger partial charge in [-0.25, -0.2) is 13.4 Å². The van der Waals surface area contributed by atoms with Crippen LogP contribution >= 0.6 is 43.0 Å². The fourth-order valence-corrected chi connectivity index (χ4v) is 24.5. The molecule has 15 aromatic rings. The Labute approximate surface area is 678 Å². The molecule has 0 unspecified atom stereocenters. The number of pyridine rings is 2. The molecule has 0 amide bonds. The molecule has 4 heterocycles. The molecule has 3 aromatic heterocycles. The van der Waals surface area contributed by atoms with Crippen molar-refractivity contribution in [2.24, 2.45) is 13.0 Å². The minimum Gasteiger partial charge on any atom is -0.477 e. The summed E-state index contributed by atoms with van der Waals surface area (Å²) in [4.78, 5) is 20.7. The van der Waals surface area contributed by atoms with Crippen molar-refractivity contribution in [2.45, 2.75) is 32.4 Å². The van der Waals surface area contributed by atoms with Crippen molar-refractivity contribution in [3.8, 4) is 17.0 Å². The molecule has 2 fully saturated rings. The first kappa shape index (κ1) is 81.2. The summed E-state index contributed by atoms with van der Waals surface area (Å²) >= 11 is 1.63. The number of nitrogens with zero attached hydrogens (tertiary/aromatic N) is 4. The van der Waals surface area contributed by atoms with E-state index in [-0.39, 0.29) is 32.0 Å².